The molecule has 7 aromatic carbocycles. The lowest BCUT2D eigenvalue weighted by atomic mass is 9.80. The van der Waals surface area contributed by atoms with Crippen molar-refractivity contribution in [2.45, 2.75) is 32.1 Å². The Bertz CT molecular complexity index is 2730. The van der Waals surface area contributed by atoms with Crippen LogP contribution in [0.15, 0.2) is 182 Å². The van der Waals surface area contributed by atoms with Crippen LogP contribution in [-0.2, 0) is 18.3 Å². The zero-order valence-electron chi connectivity index (χ0n) is 32.5. The van der Waals surface area contributed by atoms with E-state index in [0.29, 0.717) is 6.54 Å². The number of para-hydroxylation sites is 6. The zero-order chi connectivity index (χ0) is 38.5. The molecule has 3 aliphatic rings. The van der Waals surface area contributed by atoms with E-state index in [1.165, 1.54) is 72.4 Å². The van der Waals surface area contributed by atoms with Gasteiger partial charge in [0.2, 0.25) is 0 Å². The topological polar surface area (TPSA) is 15.7 Å². The maximum atomic E-state index is 6.24. The fourth-order valence-corrected chi connectivity index (χ4v) is 9.22. The van der Waals surface area contributed by atoms with Crippen LogP contribution in [0.3, 0.4) is 0 Å². The summed E-state index contributed by atoms with van der Waals surface area (Å²) in [6.07, 6.45) is 13.2. The minimum atomic E-state index is -0.188. The van der Waals surface area contributed by atoms with Crippen LogP contribution >= 0.6 is 0 Å². The minimum Gasteiger partial charge on any atom is -0.453 e. The van der Waals surface area contributed by atoms with E-state index in [1.54, 1.807) is 0 Å². The van der Waals surface area contributed by atoms with Crippen molar-refractivity contribution in [3.8, 4) is 11.5 Å². The second-order valence-corrected chi connectivity index (χ2v) is 15.7. The van der Waals surface area contributed by atoms with E-state index >= 15 is 0 Å². The molecule has 0 saturated heterocycles. The third kappa shape index (κ3) is 5.90. The van der Waals surface area contributed by atoms with Crippen LogP contribution in [0.4, 0.5) is 28.4 Å². The van der Waals surface area contributed by atoms with Gasteiger partial charge in [-0.05, 0) is 105 Å². The van der Waals surface area contributed by atoms with E-state index in [9.17, 15) is 0 Å². The van der Waals surface area contributed by atoms with Crippen molar-refractivity contribution in [1.82, 2.24) is 0 Å². The van der Waals surface area contributed by atoms with E-state index in [4.69, 9.17) is 4.74 Å². The van der Waals surface area contributed by atoms with Gasteiger partial charge in [0, 0.05) is 28.7 Å². The molecule has 0 fully saturated rings. The maximum Gasteiger partial charge on any atom is 0.151 e. The van der Waals surface area contributed by atoms with Crippen LogP contribution in [0.2, 0.25) is 0 Å². The van der Waals surface area contributed by atoms with Crippen molar-refractivity contribution < 1.29 is 4.74 Å². The van der Waals surface area contributed by atoms with Crippen LogP contribution in [0, 0.1) is 0 Å². The number of nitrogens with zero attached hydrogens (tertiary/aromatic N) is 2. The molecule has 0 unspecified atom stereocenters. The Morgan fingerprint density at radius 2 is 1.19 bits per heavy atom. The molecule has 0 aromatic heterocycles. The molecule has 2 aliphatic heterocycles. The third-order valence-corrected chi connectivity index (χ3v) is 12.0. The van der Waals surface area contributed by atoms with E-state index in [2.05, 4.69) is 182 Å². The Balaban J connectivity index is 0.969. The molecule has 2 heterocycles. The number of allylic oxidation sites excluding steroid dienone is 4. The highest BCUT2D eigenvalue weighted by atomic mass is 16.5. The number of hydrogen-bond donors (Lipinski definition) is 0. The fraction of sp³-hybridized carbons (Fsp3) is 0.111. The number of ether oxygens (including phenoxy) is 1. The molecule has 3 heteroatoms. The molecule has 276 valence electrons. The second-order valence-electron chi connectivity index (χ2n) is 15.7. The highest BCUT2D eigenvalue weighted by Gasteiger charge is 2.35. The number of benzene rings is 7. The van der Waals surface area contributed by atoms with Gasteiger partial charge < -0.3 is 14.5 Å². The van der Waals surface area contributed by atoms with Gasteiger partial charge in [-0.3, -0.25) is 0 Å². The molecule has 0 atom stereocenters. The van der Waals surface area contributed by atoms with Crippen LogP contribution in [-0.4, -0.2) is 6.54 Å². The lowest BCUT2D eigenvalue weighted by Crippen LogP contribution is -2.21. The summed E-state index contributed by atoms with van der Waals surface area (Å²) in [7, 11) is 0. The molecular formula is C54H44N2O. The summed E-state index contributed by atoms with van der Waals surface area (Å²) in [5.41, 5.74) is 15.9. The quantitative estimate of drug-likeness (QED) is 0.152. The molecule has 0 radical (unpaired) electrons. The Hall–Kier alpha value is -6.84. The van der Waals surface area contributed by atoms with Gasteiger partial charge in [-0.1, -0.05) is 160 Å². The highest BCUT2D eigenvalue weighted by Crippen LogP contribution is 2.49. The number of hydrogen-bond acceptors (Lipinski definition) is 3. The first-order valence-corrected chi connectivity index (χ1v) is 20.0. The summed E-state index contributed by atoms with van der Waals surface area (Å²) < 4.78 is 6.24. The summed E-state index contributed by atoms with van der Waals surface area (Å²) in [5, 5.41) is 2.47. The van der Waals surface area contributed by atoms with Gasteiger partial charge >= 0.3 is 0 Å². The lowest BCUT2D eigenvalue weighted by Gasteiger charge is -2.31. The molecule has 57 heavy (non-hydrogen) atoms. The Labute approximate surface area is 335 Å². The van der Waals surface area contributed by atoms with Gasteiger partial charge in [0.15, 0.2) is 11.5 Å². The second kappa shape index (κ2) is 14.0. The van der Waals surface area contributed by atoms with Gasteiger partial charge in [0.25, 0.3) is 0 Å². The summed E-state index contributed by atoms with van der Waals surface area (Å²) in [6.45, 7) is 9.64. The van der Waals surface area contributed by atoms with Gasteiger partial charge in [-0.25, -0.2) is 0 Å². The average Bonchev–Trinajstić information content (AvgIpc) is 3.34. The monoisotopic (exact) mass is 736 g/mol. The first kappa shape index (κ1) is 34.6. The Morgan fingerprint density at radius 3 is 1.86 bits per heavy atom. The normalized spacial score (nSPS) is 15.2. The number of anilines is 5. The highest BCUT2D eigenvalue weighted by molar-refractivity contribution is 6.04. The van der Waals surface area contributed by atoms with Crippen LogP contribution in [0.5, 0.6) is 11.5 Å². The number of aryl methyl sites for hydroxylation is 2. The molecule has 0 saturated carbocycles. The average molecular weight is 737 g/mol. The molecule has 3 nitrogen and oxygen atoms in total. The van der Waals surface area contributed by atoms with Crippen molar-refractivity contribution >= 4 is 56.9 Å². The van der Waals surface area contributed by atoms with Gasteiger partial charge in [-0.15, -0.1) is 0 Å². The van der Waals surface area contributed by atoms with E-state index in [1.807, 2.05) is 30.3 Å². The summed E-state index contributed by atoms with van der Waals surface area (Å²) in [5.74, 6) is 1.75. The molecule has 0 N–H and O–H groups in total. The third-order valence-electron chi connectivity index (χ3n) is 12.0. The largest absolute Gasteiger partial charge is 0.453 e. The fourth-order valence-electron chi connectivity index (χ4n) is 9.22. The number of rotatable bonds is 7. The summed E-state index contributed by atoms with van der Waals surface area (Å²) >= 11 is 0. The lowest BCUT2D eigenvalue weighted by molar-refractivity contribution is 0.474. The Morgan fingerprint density at radius 1 is 0.596 bits per heavy atom. The molecule has 0 spiro atoms. The Kier molecular flexibility index (Phi) is 8.52. The van der Waals surface area contributed by atoms with Crippen LogP contribution < -0.4 is 14.5 Å². The summed E-state index contributed by atoms with van der Waals surface area (Å²) in [6, 6.07) is 54.6. The first-order chi connectivity index (χ1) is 28.0. The van der Waals surface area contributed by atoms with E-state index < -0.39 is 0 Å². The predicted octanol–water partition coefficient (Wildman–Crippen LogP) is 14.3. The van der Waals surface area contributed by atoms with Crippen molar-refractivity contribution in [3.05, 3.63) is 215 Å². The maximum absolute atomic E-state index is 6.24. The zero-order valence-corrected chi connectivity index (χ0v) is 32.5. The molecule has 0 bridgehead atoms. The predicted molar refractivity (Wildman–Crippen MR) is 241 cm³/mol. The molecule has 10 rings (SSSR count). The van der Waals surface area contributed by atoms with E-state index in [-0.39, 0.29) is 5.41 Å². The smallest absolute Gasteiger partial charge is 0.151 e. The van der Waals surface area contributed by atoms with Crippen LogP contribution in [0.1, 0.15) is 47.2 Å². The van der Waals surface area contributed by atoms with Gasteiger partial charge in [0.1, 0.15) is 0 Å². The molecule has 0 amide bonds. The van der Waals surface area contributed by atoms with E-state index in [0.717, 1.165) is 35.7 Å². The molecule has 1 aliphatic carbocycles. The SMILES string of the molecule is C=CC1=C(/C=C\CN2c3ccccc3Oc3ccccc32)c2ccc(/C=C/c3ccc(N4c5ccccc5CCc5ccccc54)c4ccccc34)cc2C1(C)C. The van der Waals surface area contributed by atoms with Crippen molar-refractivity contribution in [3.63, 3.8) is 0 Å². The van der Waals surface area contributed by atoms with Gasteiger partial charge in [0.05, 0.1) is 17.1 Å². The van der Waals surface area contributed by atoms with Crippen molar-refractivity contribution in [2.24, 2.45) is 0 Å². The van der Waals surface area contributed by atoms with Crippen molar-refractivity contribution in [1.29, 1.82) is 0 Å². The number of fused-ring (bicyclic) bond motifs is 6. The first-order valence-electron chi connectivity index (χ1n) is 20.0. The standard InChI is InChI=1S/C54H44N2O/c1-4-45-42(20-15-35-55-50-23-11-13-25-52(50)57-53-26-14-12-24-51(53)55)43-33-28-37(36-46(43)54(45,2)3)27-29-38-32-34-49(44-19-8-7-18-41(38)44)56-47-21-9-5-16-39(47)30-31-40-17-6-10-22-48(40)56/h4-29,32-34,36H,1,30-31,35H2,2-3H3/b20-15-,29-27+. The molecular weight excluding hydrogens is 693 g/mol. The van der Waals surface area contributed by atoms with Crippen LogP contribution in [0.25, 0.3) is 28.5 Å². The van der Waals surface area contributed by atoms with Gasteiger partial charge in [-0.2, -0.15) is 0 Å². The van der Waals surface area contributed by atoms with Crippen molar-refractivity contribution in [2.75, 3.05) is 16.3 Å². The minimum absolute atomic E-state index is 0.188. The summed E-state index contributed by atoms with van der Waals surface area (Å²) in [4.78, 5) is 4.81. The molecule has 7 aromatic rings.